The fourth-order valence-corrected chi connectivity index (χ4v) is 2.36. The van der Waals surface area contributed by atoms with Gasteiger partial charge < -0.3 is 4.74 Å². The molecule has 2 aromatic carbocycles. The van der Waals surface area contributed by atoms with Crippen LogP contribution in [-0.2, 0) is 4.74 Å². The van der Waals surface area contributed by atoms with E-state index in [0.717, 1.165) is 5.56 Å². The largest absolute Gasteiger partial charge is 0.465 e. The number of rotatable bonds is 3. The number of halogens is 1. The Hall–Kier alpha value is -2.85. The van der Waals surface area contributed by atoms with E-state index in [1.807, 2.05) is 12.3 Å². The normalized spacial score (nSPS) is 10.8. The molecule has 2 aromatic rings. The van der Waals surface area contributed by atoms with Crippen molar-refractivity contribution >= 4 is 28.6 Å². The molecule has 0 aliphatic carbocycles. The Morgan fingerprint density at radius 1 is 1.29 bits per heavy atom. The molecule has 0 amide bonds. The summed E-state index contributed by atoms with van der Waals surface area (Å²) in [6.07, 6.45) is 3.62. The summed E-state index contributed by atoms with van der Waals surface area (Å²) in [5.41, 5.74) is 1.86. The van der Waals surface area contributed by atoms with Crippen molar-refractivity contribution in [3.63, 3.8) is 0 Å². The number of thioether (sulfide) groups is 1. The van der Waals surface area contributed by atoms with Crippen molar-refractivity contribution in [3.05, 3.63) is 53.8 Å². The number of carbonyl (C=O) groups is 1. The summed E-state index contributed by atoms with van der Waals surface area (Å²) < 4.78 is 18.6. The zero-order chi connectivity index (χ0) is 17.5. The number of ether oxygens (including phenoxy) is 1. The maximum atomic E-state index is 14.1. The van der Waals surface area contributed by atoms with Crippen molar-refractivity contribution in [1.29, 1.82) is 5.26 Å². The van der Waals surface area contributed by atoms with Crippen LogP contribution >= 0.6 is 11.8 Å². The number of benzene rings is 2. The molecule has 7 heteroatoms. The highest BCUT2D eigenvalue weighted by atomic mass is 32.2. The lowest BCUT2D eigenvalue weighted by molar-refractivity contribution is 0.0595. The number of methoxy groups -OCH3 is 1. The second kappa shape index (κ2) is 8.13. The summed E-state index contributed by atoms with van der Waals surface area (Å²) in [7, 11) is 1.20. The van der Waals surface area contributed by atoms with Crippen molar-refractivity contribution in [2.24, 2.45) is 4.99 Å². The van der Waals surface area contributed by atoms with Crippen LogP contribution in [0.3, 0.4) is 0 Å². The van der Waals surface area contributed by atoms with Gasteiger partial charge in [0, 0.05) is 0 Å². The van der Waals surface area contributed by atoms with Crippen molar-refractivity contribution in [2.45, 2.75) is 0 Å². The van der Waals surface area contributed by atoms with Crippen molar-refractivity contribution in [3.8, 4) is 17.3 Å². The first-order valence-corrected chi connectivity index (χ1v) is 8.07. The van der Waals surface area contributed by atoms with Gasteiger partial charge in [0.05, 0.1) is 18.4 Å². The molecule has 0 aliphatic rings. The quantitative estimate of drug-likeness (QED) is 0.302. The Bertz CT molecular complexity index is 831. The standard InChI is InChI=1S/C17H14FN3O2S/c1-23-16(22)14-7-6-12(9-15(14)18)11-4-3-5-13(8-11)21-17(24-2)20-10-19/h3-9H,1-2H3,(H,20,21). The molecule has 0 unspecified atom stereocenters. The summed E-state index contributed by atoms with van der Waals surface area (Å²) in [6, 6.07) is 11.4. The zero-order valence-corrected chi connectivity index (χ0v) is 13.9. The molecular weight excluding hydrogens is 329 g/mol. The van der Waals surface area contributed by atoms with Gasteiger partial charge in [0.25, 0.3) is 0 Å². The molecule has 0 atom stereocenters. The van der Waals surface area contributed by atoms with Crippen LogP contribution in [0.2, 0.25) is 0 Å². The highest BCUT2D eigenvalue weighted by Crippen LogP contribution is 2.26. The van der Waals surface area contributed by atoms with Gasteiger partial charge in [-0.2, -0.15) is 5.26 Å². The van der Waals surface area contributed by atoms with Gasteiger partial charge in [0.1, 0.15) is 5.82 Å². The minimum Gasteiger partial charge on any atom is -0.465 e. The van der Waals surface area contributed by atoms with Crippen LogP contribution in [0.4, 0.5) is 10.1 Å². The number of amidine groups is 1. The number of nitrogens with zero attached hydrogens (tertiary/aromatic N) is 2. The lowest BCUT2D eigenvalue weighted by Crippen LogP contribution is -2.12. The number of hydrogen-bond donors (Lipinski definition) is 1. The Morgan fingerprint density at radius 3 is 2.67 bits per heavy atom. The molecule has 0 heterocycles. The van der Waals surface area contributed by atoms with Gasteiger partial charge in [0.2, 0.25) is 0 Å². The number of esters is 1. The topological polar surface area (TPSA) is 74.5 Å². The van der Waals surface area contributed by atoms with Crippen molar-refractivity contribution in [1.82, 2.24) is 5.32 Å². The van der Waals surface area contributed by atoms with Crippen LogP contribution in [0.25, 0.3) is 11.1 Å². The Balaban J connectivity index is 2.37. The average Bonchev–Trinajstić information content (AvgIpc) is 2.60. The Kier molecular flexibility index (Phi) is 5.93. The van der Waals surface area contributed by atoms with Gasteiger partial charge in [0.15, 0.2) is 11.4 Å². The molecule has 0 bridgehead atoms. The second-order valence-corrected chi connectivity index (χ2v) is 5.39. The molecule has 122 valence electrons. The number of nitrogens with one attached hydrogen (secondary N) is 1. The van der Waals surface area contributed by atoms with E-state index in [2.05, 4.69) is 15.0 Å². The van der Waals surface area contributed by atoms with E-state index in [1.54, 1.807) is 30.5 Å². The van der Waals surface area contributed by atoms with E-state index in [9.17, 15) is 9.18 Å². The third-order valence-corrected chi connectivity index (χ3v) is 3.72. The number of carbonyl (C=O) groups excluding carboxylic acids is 1. The molecule has 0 fully saturated rings. The fraction of sp³-hybridized carbons (Fsp3) is 0.118. The fourth-order valence-electron chi connectivity index (χ4n) is 2.01. The average molecular weight is 343 g/mol. The second-order valence-electron chi connectivity index (χ2n) is 4.59. The van der Waals surface area contributed by atoms with E-state index in [1.165, 1.54) is 31.0 Å². The molecule has 0 aliphatic heterocycles. The van der Waals surface area contributed by atoms with Crippen LogP contribution in [0.15, 0.2) is 47.5 Å². The summed E-state index contributed by atoms with van der Waals surface area (Å²) in [5, 5.41) is 11.6. The monoisotopic (exact) mass is 343 g/mol. The third kappa shape index (κ3) is 4.12. The third-order valence-electron chi connectivity index (χ3n) is 3.14. The first-order chi connectivity index (χ1) is 11.6. The molecule has 0 spiro atoms. The van der Waals surface area contributed by atoms with E-state index in [0.29, 0.717) is 16.4 Å². The Labute approximate surface area is 143 Å². The SMILES string of the molecule is COC(=O)c1ccc(-c2cccc(N=C(NC#N)SC)c2)cc1F. The molecular formula is C17H14FN3O2S. The van der Waals surface area contributed by atoms with Crippen molar-refractivity contribution in [2.75, 3.05) is 13.4 Å². The van der Waals surface area contributed by atoms with Gasteiger partial charge in [-0.15, -0.1) is 0 Å². The molecule has 5 nitrogen and oxygen atoms in total. The highest BCUT2D eigenvalue weighted by molar-refractivity contribution is 8.13. The lowest BCUT2D eigenvalue weighted by atomic mass is 10.0. The smallest absolute Gasteiger partial charge is 0.340 e. The van der Waals surface area contributed by atoms with Crippen LogP contribution < -0.4 is 5.32 Å². The summed E-state index contributed by atoms with van der Waals surface area (Å²) >= 11 is 1.31. The first-order valence-electron chi connectivity index (χ1n) is 6.85. The predicted octanol–water partition coefficient (Wildman–Crippen LogP) is 3.70. The summed E-state index contributed by atoms with van der Waals surface area (Å²) in [5.74, 6) is -1.37. The van der Waals surface area contributed by atoms with E-state index >= 15 is 0 Å². The van der Waals surface area contributed by atoms with E-state index in [-0.39, 0.29) is 5.56 Å². The van der Waals surface area contributed by atoms with Gasteiger partial charge in [-0.3, -0.25) is 5.32 Å². The Morgan fingerprint density at radius 2 is 2.04 bits per heavy atom. The van der Waals surface area contributed by atoms with E-state index in [4.69, 9.17) is 5.26 Å². The number of aliphatic imine (C=N–C) groups is 1. The van der Waals surface area contributed by atoms with Crippen molar-refractivity contribution < 1.29 is 13.9 Å². The van der Waals surface area contributed by atoms with Crippen LogP contribution in [0, 0.1) is 17.3 Å². The van der Waals surface area contributed by atoms with Gasteiger partial charge in [-0.25, -0.2) is 14.2 Å². The summed E-state index contributed by atoms with van der Waals surface area (Å²) in [6.45, 7) is 0. The van der Waals surface area contributed by atoms with Gasteiger partial charge in [-0.1, -0.05) is 30.0 Å². The minimum atomic E-state index is -0.718. The maximum absolute atomic E-state index is 14.1. The molecule has 0 saturated carbocycles. The maximum Gasteiger partial charge on any atom is 0.340 e. The molecule has 0 aromatic heterocycles. The number of hydrogen-bond acceptors (Lipinski definition) is 5. The molecule has 2 rings (SSSR count). The van der Waals surface area contributed by atoms with Gasteiger partial charge >= 0.3 is 5.97 Å². The minimum absolute atomic E-state index is 0.113. The number of nitriles is 1. The van der Waals surface area contributed by atoms with Crippen LogP contribution in [0.5, 0.6) is 0 Å². The summed E-state index contributed by atoms with van der Waals surface area (Å²) in [4.78, 5) is 15.7. The predicted molar refractivity (Wildman–Crippen MR) is 92.5 cm³/mol. The molecule has 1 N–H and O–H groups in total. The van der Waals surface area contributed by atoms with E-state index < -0.39 is 11.8 Å². The molecule has 0 saturated heterocycles. The van der Waals surface area contributed by atoms with Crippen LogP contribution in [0.1, 0.15) is 10.4 Å². The zero-order valence-electron chi connectivity index (χ0n) is 13.0. The highest BCUT2D eigenvalue weighted by Gasteiger charge is 2.13. The van der Waals surface area contributed by atoms with Gasteiger partial charge in [-0.05, 0) is 41.6 Å². The van der Waals surface area contributed by atoms with Crippen LogP contribution in [-0.4, -0.2) is 24.5 Å². The molecule has 24 heavy (non-hydrogen) atoms. The first kappa shape index (κ1) is 17.5. The lowest BCUT2D eigenvalue weighted by Gasteiger charge is -2.06. The molecule has 0 radical (unpaired) electrons.